The molecule has 1 saturated heterocycles. The Morgan fingerprint density at radius 2 is 1.69 bits per heavy atom. The SMILES string of the molecule is NC(c1ccccc1)C1NNNN1. The largest absolute Gasteiger partial charge is 0.321 e. The molecule has 0 aromatic heterocycles. The van der Waals surface area contributed by atoms with Crippen LogP contribution < -0.4 is 27.7 Å². The van der Waals surface area contributed by atoms with Crippen LogP contribution in [-0.4, -0.2) is 6.17 Å². The fourth-order valence-corrected chi connectivity index (χ4v) is 1.31. The highest BCUT2D eigenvalue weighted by Gasteiger charge is 2.21. The molecule has 5 heteroatoms. The van der Waals surface area contributed by atoms with E-state index in [9.17, 15) is 0 Å². The van der Waals surface area contributed by atoms with E-state index in [4.69, 9.17) is 5.73 Å². The molecule has 1 atom stereocenters. The maximum absolute atomic E-state index is 6.00. The molecule has 0 aliphatic carbocycles. The molecule has 70 valence electrons. The molecule has 0 amide bonds. The number of benzene rings is 1. The molecule has 1 aliphatic heterocycles. The first-order valence-corrected chi connectivity index (χ1v) is 4.19. The van der Waals surface area contributed by atoms with Gasteiger partial charge < -0.3 is 5.73 Å². The lowest BCUT2D eigenvalue weighted by Gasteiger charge is -2.17. The van der Waals surface area contributed by atoms with Gasteiger partial charge in [-0.1, -0.05) is 30.3 Å². The molecule has 1 fully saturated rings. The minimum absolute atomic E-state index is 0.00222. The summed E-state index contributed by atoms with van der Waals surface area (Å²) in [4.78, 5) is 0. The van der Waals surface area contributed by atoms with Crippen LogP contribution in [0.3, 0.4) is 0 Å². The lowest BCUT2D eigenvalue weighted by atomic mass is 10.1. The first-order chi connectivity index (χ1) is 6.38. The summed E-state index contributed by atoms with van der Waals surface area (Å²) in [6.45, 7) is 0. The molecule has 0 bridgehead atoms. The van der Waals surface area contributed by atoms with Crippen LogP contribution in [0.2, 0.25) is 0 Å². The van der Waals surface area contributed by atoms with Crippen molar-refractivity contribution in [2.24, 2.45) is 5.73 Å². The van der Waals surface area contributed by atoms with E-state index in [2.05, 4.69) is 21.9 Å². The molecule has 0 saturated carbocycles. The summed E-state index contributed by atoms with van der Waals surface area (Å²) in [6, 6.07) is 9.86. The van der Waals surface area contributed by atoms with Gasteiger partial charge in [0, 0.05) is 0 Å². The maximum atomic E-state index is 6.00. The van der Waals surface area contributed by atoms with Crippen LogP contribution in [-0.2, 0) is 0 Å². The average Bonchev–Trinajstić information content (AvgIpc) is 2.71. The predicted molar refractivity (Wildman–Crippen MR) is 49.7 cm³/mol. The fourth-order valence-electron chi connectivity index (χ4n) is 1.31. The van der Waals surface area contributed by atoms with E-state index >= 15 is 0 Å². The third kappa shape index (κ3) is 1.85. The zero-order valence-electron chi connectivity index (χ0n) is 7.12. The zero-order chi connectivity index (χ0) is 9.10. The third-order valence-corrected chi connectivity index (χ3v) is 2.06. The Morgan fingerprint density at radius 1 is 1.08 bits per heavy atom. The van der Waals surface area contributed by atoms with Gasteiger partial charge in [-0.3, -0.25) is 0 Å². The minimum atomic E-state index is -0.0799. The Morgan fingerprint density at radius 3 is 2.31 bits per heavy atom. The lowest BCUT2D eigenvalue weighted by Crippen LogP contribution is -2.43. The molecule has 1 heterocycles. The summed E-state index contributed by atoms with van der Waals surface area (Å²) in [6.07, 6.45) is 0.00222. The van der Waals surface area contributed by atoms with E-state index in [1.165, 1.54) is 0 Å². The van der Waals surface area contributed by atoms with Gasteiger partial charge >= 0.3 is 0 Å². The molecule has 1 aromatic rings. The number of rotatable bonds is 2. The molecule has 0 spiro atoms. The van der Waals surface area contributed by atoms with Crippen LogP contribution in [0.25, 0.3) is 0 Å². The van der Waals surface area contributed by atoms with Gasteiger partial charge in [0.15, 0.2) is 0 Å². The fraction of sp³-hybridized carbons (Fsp3) is 0.250. The Hall–Kier alpha value is -0.980. The average molecular weight is 179 g/mol. The molecule has 13 heavy (non-hydrogen) atoms. The highest BCUT2D eigenvalue weighted by atomic mass is 15.8. The molecular weight excluding hydrogens is 166 g/mol. The van der Waals surface area contributed by atoms with Crippen molar-refractivity contribution in [2.45, 2.75) is 12.2 Å². The van der Waals surface area contributed by atoms with Crippen molar-refractivity contribution in [1.29, 1.82) is 0 Å². The van der Waals surface area contributed by atoms with Gasteiger partial charge in [-0.2, -0.15) is 11.1 Å². The van der Waals surface area contributed by atoms with Gasteiger partial charge in [0.05, 0.1) is 6.04 Å². The molecule has 2 rings (SSSR count). The van der Waals surface area contributed by atoms with E-state index in [1.807, 2.05) is 30.3 Å². The number of hydrogen-bond donors (Lipinski definition) is 5. The lowest BCUT2D eigenvalue weighted by molar-refractivity contribution is 0.440. The van der Waals surface area contributed by atoms with E-state index < -0.39 is 0 Å². The topological polar surface area (TPSA) is 74.1 Å². The van der Waals surface area contributed by atoms with E-state index in [1.54, 1.807) is 0 Å². The smallest absolute Gasteiger partial charge is 0.105 e. The van der Waals surface area contributed by atoms with Gasteiger partial charge in [0.2, 0.25) is 0 Å². The monoisotopic (exact) mass is 179 g/mol. The molecule has 6 N–H and O–H groups in total. The summed E-state index contributed by atoms with van der Waals surface area (Å²) < 4.78 is 0. The summed E-state index contributed by atoms with van der Waals surface area (Å²) in [5.41, 5.74) is 18.5. The maximum Gasteiger partial charge on any atom is 0.105 e. The number of nitrogens with one attached hydrogen (secondary N) is 4. The van der Waals surface area contributed by atoms with Crippen molar-refractivity contribution in [3.05, 3.63) is 35.9 Å². The quantitative estimate of drug-likeness (QED) is 0.408. The first-order valence-electron chi connectivity index (χ1n) is 4.19. The minimum Gasteiger partial charge on any atom is -0.321 e. The van der Waals surface area contributed by atoms with Crippen molar-refractivity contribution in [1.82, 2.24) is 21.9 Å². The van der Waals surface area contributed by atoms with E-state index in [0.29, 0.717) is 0 Å². The second-order valence-corrected chi connectivity index (χ2v) is 2.95. The third-order valence-electron chi connectivity index (χ3n) is 2.06. The Kier molecular flexibility index (Phi) is 2.53. The number of nitrogens with two attached hydrogens (primary N) is 1. The summed E-state index contributed by atoms with van der Waals surface area (Å²) in [7, 11) is 0. The first kappa shape index (κ1) is 8.61. The molecular formula is C8H13N5. The highest BCUT2D eigenvalue weighted by Crippen LogP contribution is 2.11. The van der Waals surface area contributed by atoms with Crippen LogP contribution in [0.5, 0.6) is 0 Å². The Bertz CT molecular complexity index is 256. The van der Waals surface area contributed by atoms with Crippen molar-refractivity contribution < 1.29 is 0 Å². The Labute approximate surface area is 76.6 Å². The standard InChI is InChI=1S/C8H13N5/c9-7(8-10-12-13-11-8)6-4-2-1-3-5-6/h1-5,7-8,10-13H,9H2. The van der Waals surface area contributed by atoms with Crippen LogP contribution in [0.1, 0.15) is 11.6 Å². The van der Waals surface area contributed by atoms with Crippen LogP contribution in [0.15, 0.2) is 30.3 Å². The van der Waals surface area contributed by atoms with Crippen LogP contribution in [0, 0.1) is 0 Å². The second-order valence-electron chi connectivity index (χ2n) is 2.95. The van der Waals surface area contributed by atoms with Crippen LogP contribution in [0.4, 0.5) is 0 Å². The molecule has 5 nitrogen and oxygen atoms in total. The molecule has 0 radical (unpaired) electrons. The van der Waals surface area contributed by atoms with Gasteiger partial charge in [-0.25, -0.2) is 10.9 Å². The Balaban J connectivity index is 2.08. The highest BCUT2D eigenvalue weighted by molar-refractivity contribution is 5.19. The number of hydrogen-bond acceptors (Lipinski definition) is 5. The zero-order valence-corrected chi connectivity index (χ0v) is 7.12. The molecule has 1 aliphatic rings. The molecule has 1 aromatic carbocycles. The van der Waals surface area contributed by atoms with Gasteiger partial charge in [-0.15, -0.1) is 0 Å². The van der Waals surface area contributed by atoms with Gasteiger partial charge in [0.25, 0.3) is 0 Å². The predicted octanol–water partition coefficient (Wildman–Crippen LogP) is -0.870. The summed E-state index contributed by atoms with van der Waals surface area (Å²) in [5.74, 6) is 0. The van der Waals surface area contributed by atoms with Gasteiger partial charge in [-0.05, 0) is 5.56 Å². The van der Waals surface area contributed by atoms with Crippen LogP contribution >= 0.6 is 0 Å². The van der Waals surface area contributed by atoms with Crippen molar-refractivity contribution in [2.75, 3.05) is 0 Å². The number of hydrazine groups is 3. The van der Waals surface area contributed by atoms with E-state index in [0.717, 1.165) is 5.56 Å². The second kappa shape index (κ2) is 3.82. The van der Waals surface area contributed by atoms with Gasteiger partial charge in [0.1, 0.15) is 6.17 Å². The van der Waals surface area contributed by atoms with Crippen molar-refractivity contribution in [3.8, 4) is 0 Å². The summed E-state index contributed by atoms with van der Waals surface area (Å²) >= 11 is 0. The van der Waals surface area contributed by atoms with Crippen molar-refractivity contribution >= 4 is 0 Å². The normalized spacial score (nSPS) is 20.4. The summed E-state index contributed by atoms with van der Waals surface area (Å²) in [5, 5.41) is 0. The van der Waals surface area contributed by atoms with E-state index in [-0.39, 0.29) is 12.2 Å². The molecule has 1 unspecified atom stereocenters. The van der Waals surface area contributed by atoms with Crippen molar-refractivity contribution in [3.63, 3.8) is 0 Å².